The molecule has 0 amide bonds. The quantitative estimate of drug-likeness (QED) is 0.679. The fraction of sp³-hybridized carbons (Fsp3) is 0.211. The Hall–Kier alpha value is -3.55. The normalized spacial score (nSPS) is 13.1. The molecule has 3 rings (SSSR count). The third kappa shape index (κ3) is 4.00. The van der Waals surface area contributed by atoms with E-state index in [1.165, 1.54) is 24.6 Å². The summed E-state index contributed by atoms with van der Waals surface area (Å²) < 4.78 is 5.41. The number of nitrogens with one attached hydrogen (secondary N) is 2. The van der Waals surface area contributed by atoms with E-state index in [-0.39, 0.29) is 21.8 Å². The Morgan fingerprint density at radius 2 is 1.74 bits per heavy atom. The Bertz CT molecular complexity index is 1230. The van der Waals surface area contributed by atoms with Crippen LogP contribution in [0.15, 0.2) is 49.8 Å². The molecule has 0 fully saturated rings. The first-order valence-corrected chi connectivity index (χ1v) is 8.21. The van der Waals surface area contributed by atoms with Gasteiger partial charge >= 0.3 is 0 Å². The molecule has 2 aromatic heterocycles. The number of aromatic amines is 2. The Morgan fingerprint density at radius 3 is 2.37 bits per heavy atom. The Kier molecular flexibility index (Phi) is 4.72. The minimum absolute atomic E-state index is 0.0661. The van der Waals surface area contributed by atoms with Crippen molar-refractivity contribution >= 4 is 17.8 Å². The molecule has 2 N–H and O–H groups in total. The van der Waals surface area contributed by atoms with E-state index >= 15 is 0 Å². The predicted molar refractivity (Wildman–Crippen MR) is 101 cm³/mol. The van der Waals surface area contributed by atoms with E-state index in [0.29, 0.717) is 17.0 Å². The Balaban J connectivity index is 2.13. The molecule has 0 saturated carbocycles. The van der Waals surface area contributed by atoms with Crippen molar-refractivity contribution in [2.24, 2.45) is 5.18 Å². The number of rotatable bonds is 3. The lowest BCUT2D eigenvalue weighted by Gasteiger charge is -2.14. The van der Waals surface area contributed by atoms with Gasteiger partial charge in [0.05, 0.1) is 0 Å². The molecule has 0 aliphatic rings. The van der Waals surface area contributed by atoms with Gasteiger partial charge in [-0.05, 0) is 35.0 Å². The average Bonchev–Trinajstić information content (AvgIpc) is 3.08. The monoisotopic (exact) mass is 366 g/mol. The molecule has 27 heavy (non-hydrogen) atoms. The predicted octanol–water partition coefficient (Wildman–Crippen LogP) is 1.40. The number of nitrogens with zero attached hydrogens (tertiary/aromatic N) is 2. The largest absolute Gasteiger partial charge is 0.447 e. The summed E-state index contributed by atoms with van der Waals surface area (Å²) in [5.74, 6) is 0.608. The van der Waals surface area contributed by atoms with Gasteiger partial charge in [0, 0.05) is 5.41 Å². The van der Waals surface area contributed by atoms with Crippen molar-refractivity contribution in [3.05, 3.63) is 84.0 Å². The number of hydrogen-bond donors (Lipinski definition) is 2. The minimum atomic E-state index is -0.480. The van der Waals surface area contributed by atoms with Gasteiger partial charge in [0.25, 0.3) is 11.1 Å². The maximum Gasteiger partial charge on any atom is 0.272 e. The van der Waals surface area contributed by atoms with Gasteiger partial charge in [-0.3, -0.25) is 9.59 Å². The summed E-state index contributed by atoms with van der Waals surface area (Å²) in [7, 11) is 0. The highest BCUT2D eigenvalue weighted by Gasteiger charge is 2.21. The average molecular weight is 366 g/mol. The fourth-order valence-corrected chi connectivity index (χ4v) is 2.59. The SMILES string of the molecule is CC(C)(C)c1ocnc1/C=c1\[nH]c(=O)/c(=C/c2cccc(N=O)c2)[nH]c1=O. The Labute approximate surface area is 153 Å². The molecule has 3 aromatic rings. The van der Waals surface area contributed by atoms with E-state index < -0.39 is 11.1 Å². The topological polar surface area (TPSA) is 121 Å². The summed E-state index contributed by atoms with van der Waals surface area (Å²) >= 11 is 0. The minimum Gasteiger partial charge on any atom is -0.447 e. The van der Waals surface area contributed by atoms with E-state index in [9.17, 15) is 14.5 Å². The van der Waals surface area contributed by atoms with Crippen molar-refractivity contribution in [2.45, 2.75) is 26.2 Å². The first-order chi connectivity index (χ1) is 12.8. The van der Waals surface area contributed by atoms with Crippen LogP contribution >= 0.6 is 0 Å². The first-order valence-electron chi connectivity index (χ1n) is 8.21. The number of H-pyrrole nitrogens is 2. The van der Waals surface area contributed by atoms with Gasteiger partial charge in [-0.15, -0.1) is 4.91 Å². The maximum absolute atomic E-state index is 12.4. The summed E-state index contributed by atoms with van der Waals surface area (Å²) in [6.45, 7) is 5.87. The molecule has 0 atom stereocenters. The summed E-state index contributed by atoms with van der Waals surface area (Å²) in [4.78, 5) is 44.6. The number of aromatic nitrogens is 3. The van der Waals surface area contributed by atoms with E-state index in [0.717, 1.165) is 0 Å². The summed E-state index contributed by atoms with van der Waals surface area (Å²) in [6.07, 6.45) is 4.25. The van der Waals surface area contributed by atoms with Crippen LogP contribution in [0.3, 0.4) is 0 Å². The van der Waals surface area contributed by atoms with E-state index in [4.69, 9.17) is 4.42 Å². The van der Waals surface area contributed by atoms with Crippen LogP contribution < -0.4 is 21.8 Å². The van der Waals surface area contributed by atoms with Crippen LogP contribution in [0.1, 0.15) is 37.8 Å². The van der Waals surface area contributed by atoms with Crippen molar-refractivity contribution in [3.8, 4) is 0 Å². The standard InChI is InChI=1S/C19H18N4O4/c1-19(2,3)16-13(20-10-27-16)9-15-18(25)21-14(17(24)22-15)8-11-5-4-6-12(7-11)23-26/h4-10H,1-3H3,(H,21,25)(H,22,24)/b14-8-,15-9-. The molecule has 8 nitrogen and oxygen atoms in total. The van der Waals surface area contributed by atoms with E-state index in [1.807, 2.05) is 20.8 Å². The van der Waals surface area contributed by atoms with Crippen molar-refractivity contribution in [3.63, 3.8) is 0 Å². The molecule has 0 bridgehead atoms. The van der Waals surface area contributed by atoms with Crippen molar-refractivity contribution in [2.75, 3.05) is 0 Å². The molecule has 1 aromatic carbocycles. The molecule has 8 heteroatoms. The lowest BCUT2D eigenvalue weighted by molar-refractivity contribution is 0.407. The molecule has 0 unspecified atom stereocenters. The van der Waals surface area contributed by atoms with E-state index in [2.05, 4.69) is 20.1 Å². The van der Waals surface area contributed by atoms with Crippen LogP contribution in [-0.4, -0.2) is 15.0 Å². The van der Waals surface area contributed by atoms with E-state index in [1.54, 1.807) is 18.2 Å². The maximum atomic E-state index is 12.4. The molecule has 0 radical (unpaired) electrons. The van der Waals surface area contributed by atoms with Crippen LogP contribution in [-0.2, 0) is 5.41 Å². The van der Waals surface area contributed by atoms with Gasteiger partial charge in [-0.1, -0.05) is 32.9 Å². The molecular formula is C19H18N4O4. The third-order valence-corrected chi connectivity index (χ3v) is 3.83. The number of benzene rings is 1. The van der Waals surface area contributed by atoms with Gasteiger partial charge in [-0.2, -0.15) is 0 Å². The highest BCUT2D eigenvalue weighted by atomic mass is 16.3. The zero-order valence-corrected chi connectivity index (χ0v) is 15.1. The second-order valence-electron chi connectivity index (χ2n) is 7.03. The van der Waals surface area contributed by atoms with Crippen molar-refractivity contribution in [1.29, 1.82) is 0 Å². The fourth-order valence-electron chi connectivity index (χ4n) is 2.59. The van der Waals surface area contributed by atoms with Crippen molar-refractivity contribution < 1.29 is 4.42 Å². The molecule has 0 spiro atoms. The number of oxazole rings is 1. The number of nitroso groups, excluding NO2 is 1. The van der Waals surface area contributed by atoms with Crippen LogP contribution in [0.5, 0.6) is 0 Å². The van der Waals surface area contributed by atoms with Gasteiger partial charge in [0.1, 0.15) is 27.8 Å². The number of hydrogen-bond acceptors (Lipinski definition) is 6. The Morgan fingerprint density at radius 1 is 1.07 bits per heavy atom. The lowest BCUT2D eigenvalue weighted by atomic mass is 9.92. The van der Waals surface area contributed by atoms with Crippen LogP contribution in [0.2, 0.25) is 0 Å². The summed E-state index contributed by atoms with van der Waals surface area (Å²) in [5.41, 5.74) is 0.00940. The zero-order chi connectivity index (χ0) is 19.6. The summed E-state index contributed by atoms with van der Waals surface area (Å²) in [5, 5.41) is 2.98. The third-order valence-electron chi connectivity index (χ3n) is 3.83. The molecule has 0 saturated heterocycles. The molecular weight excluding hydrogens is 348 g/mol. The van der Waals surface area contributed by atoms with Crippen LogP contribution in [0, 0.1) is 4.91 Å². The smallest absolute Gasteiger partial charge is 0.272 e. The molecule has 138 valence electrons. The summed E-state index contributed by atoms with van der Waals surface area (Å²) in [6, 6.07) is 6.38. The van der Waals surface area contributed by atoms with Gasteiger partial charge < -0.3 is 14.4 Å². The molecule has 0 aliphatic heterocycles. The lowest BCUT2D eigenvalue weighted by Crippen LogP contribution is -2.46. The first kappa shape index (κ1) is 18.2. The second kappa shape index (κ2) is 6.99. The van der Waals surface area contributed by atoms with Gasteiger partial charge in [0.2, 0.25) is 0 Å². The van der Waals surface area contributed by atoms with Gasteiger partial charge in [0.15, 0.2) is 6.39 Å². The second-order valence-corrected chi connectivity index (χ2v) is 7.03. The zero-order valence-electron chi connectivity index (χ0n) is 15.1. The van der Waals surface area contributed by atoms with Gasteiger partial charge in [-0.25, -0.2) is 4.98 Å². The molecule has 0 aliphatic carbocycles. The van der Waals surface area contributed by atoms with Crippen molar-refractivity contribution in [1.82, 2.24) is 15.0 Å². The molecule has 2 heterocycles. The van der Waals surface area contributed by atoms with Crippen LogP contribution in [0.25, 0.3) is 12.2 Å². The highest BCUT2D eigenvalue weighted by molar-refractivity contribution is 5.54. The highest BCUT2D eigenvalue weighted by Crippen LogP contribution is 2.25. The van der Waals surface area contributed by atoms with Crippen LogP contribution in [0.4, 0.5) is 5.69 Å².